The van der Waals surface area contributed by atoms with Crippen LogP contribution in [0.15, 0.2) is 18.2 Å². The van der Waals surface area contributed by atoms with E-state index >= 15 is 0 Å². The molecule has 0 saturated carbocycles. The minimum absolute atomic E-state index is 0.541. The summed E-state index contributed by atoms with van der Waals surface area (Å²) in [6, 6.07) is 4.30. The largest absolute Gasteiger partial charge is 0.500 e. The highest BCUT2D eigenvalue weighted by Crippen LogP contribution is 2.21. The van der Waals surface area contributed by atoms with Crippen molar-refractivity contribution in [3.8, 4) is 0 Å². The van der Waals surface area contributed by atoms with E-state index in [1.54, 1.807) is 0 Å². The van der Waals surface area contributed by atoms with E-state index in [9.17, 15) is 8.78 Å². The normalized spacial score (nSPS) is 11.9. The van der Waals surface area contributed by atoms with Gasteiger partial charge in [-0.15, -0.1) is 0 Å². The smallest absolute Gasteiger partial charge is 0.373 e. The second-order valence-corrected chi connectivity index (χ2v) is 8.59. The number of aryl methyl sites for hydroxylation is 1. The monoisotopic (exact) mass is 360 g/mol. The Hall–Kier alpha value is -0.823. The van der Waals surface area contributed by atoms with E-state index < -0.39 is 20.4 Å². The van der Waals surface area contributed by atoms with Gasteiger partial charge in [0.25, 0.3) is 0 Å². The van der Waals surface area contributed by atoms with Gasteiger partial charge in [0.15, 0.2) is 0 Å². The highest BCUT2D eigenvalue weighted by molar-refractivity contribution is 6.60. The van der Waals surface area contributed by atoms with Crippen LogP contribution in [0.5, 0.6) is 0 Å². The fraction of sp³-hybridized carbons (Fsp3) is 0.667. The predicted octanol–water partition coefficient (Wildman–Crippen LogP) is 5.12. The Morgan fingerprint density at radius 1 is 0.792 bits per heavy atom. The first kappa shape index (κ1) is 21.2. The first-order valence-corrected chi connectivity index (χ1v) is 10.8. The molecule has 0 aromatic heterocycles. The molecule has 0 spiro atoms. The Kier molecular flexibility index (Phi) is 10.3. The zero-order valence-electron chi connectivity index (χ0n) is 15.1. The van der Waals surface area contributed by atoms with Gasteiger partial charge in [-0.3, -0.25) is 0 Å². The molecule has 0 N–H and O–H groups in total. The van der Waals surface area contributed by atoms with E-state index in [0.29, 0.717) is 44.3 Å². The topological polar surface area (TPSA) is 27.7 Å². The Morgan fingerprint density at radius 2 is 1.25 bits per heavy atom. The fourth-order valence-electron chi connectivity index (χ4n) is 2.38. The summed E-state index contributed by atoms with van der Waals surface area (Å²) in [6.45, 7) is 7.97. The number of halogens is 2. The Morgan fingerprint density at radius 3 is 1.67 bits per heavy atom. The van der Waals surface area contributed by atoms with Gasteiger partial charge in [-0.1, -0.05) is 20.8 Å². The van der Waals surface area contributed by atoms with Gasteiger partial charge in [0.1, 0.15) is 11.6 Å². The van der Waals surface area contributed by atoms with Crippen molar-refractivity contribution in [2.75, 3.05) is 19.8 Å². The zero-order valence-corrected chi connectivity index (χ0v) is 16.1. The van der Waals surface area contributed by atoms with Crippen LogP contribution in [0.3, 0.4) is 0 Å². The molecule has 0 atom stereocenters. The van der Waals surface area contributed by atoms with Crippen molar-refractivity contribution in [3.05, 3.63) is 35.4 Å². The Labute approximate surface area is 145 Å². The van der Waals surface area contributed by atoms with E-state index in [1.165, 1.54) is 12.1 Å². The van der Waals surface area contributed by atoms with Gasteiger partial charge in [-0.25, -0.2) is 8.78 Å². The molecule has 0 amide bonds. The Balaban J connectivity index is 2.69. The summed E-state index contributed by atoms with van der Waals surface area (Å²) < 4.78 is 44.6. The first-order valence-electron chi connectivity index (χ1n) is 8.92. The highest BCUT2D eigenvalue weighted by Gasteiger charge is 2.40. The molecule has 0 saturated heterocycles. The quantitative estimate of drug-likeness (QED) is 0.457. The van der Waals surface area contributed by atoms with Crippen LogP contribution >= 0.6 is 0 Å². The molecule has 0 aliphatic carbocycles. The van der Waals surface area contributed by atoms with Crippen LogP contribution in [0.4, 0.5) is 8.78 Å². The molecule has 24 heavy (non-hydrogen) atoms. The molecule has 0 aliphatic heterocycles. The molecule has 0 fully saturated rings. The molecule has 138 valence electrons. The van der Waals surface area contributed by atoms with Crippen molar-refractivity contribution in [1.82, 2.24) is 0 Å². The number of benzene rings is 1. The molecule has 0 aliphatic rings. The summed E-state index contributed by atoms with van der Waals surface area (Å²) in [5.74, 6) is -1.08. The average Bonchev–Trinajstić information content (AvgIpc) is 2.55. The van der Waals surface area contributed by atoms with Gasteiger partial charge in [-0.05, 0) is 49.8 Å². The third-order valence-electron chi connectivity index (χ3n) is 3.45. The van der Waals surface area contributed by atoms with E-state index in [-0.39, 0.29) is 0 Å². The number of hydrogen-bond donors (Lipinski definition) is 0. The second kappa shape index (κ2) is 11.7. The molecular formula is C18H30F2O3Si. The van der Waals surface area contributed by atoms with Crippen molar-refractivity contribution >= 4 is 8.80 Å². The summed E-state index contributed by atoms with van der Waals surface area (Å²) in [6.07, 6.45) is 3.98. The lowest BCUT2D eigenvalue weighted by Gasteiger charge is -2.29. The van der Waals surface area contributed by atoms with Gasteiger partial charge in [0.2, 0.25) is 0 Å². The van der Waals surface area contributed by atoms with E-state index in [1.807, 2.05) is 20.8 Å². The molecule has 0 heterocycles. The zero-order chi connectivity index (χ0) is 17.8. The molecule has 1 rings (SSSR count). The predicted molar refractivity (Wildman–Crippen MR) is 94.0 cm³/mol. The standard InChI is InChI=1S/C18H30F2O3Si/c1-4-9-21-24(22-10-5-2,23-11-6-3)12-7-8-16-13-17(19)15-18(20)14-16/h13-15H,4-12H2,1-3H3. The molecule has 0 unspecified atom stereocenters. The lowest BCUT2D eigenvalue weighted by atomic mass is 10.1. The van der Waals surface area contributed by atoms with E-state index in [4.69, 9.17) is 13.3 Å². The Bertz CT molecular complexity index is 430. The molecule has 0 bridgehead atoms. The lowest BCUT2D eigenvalue weighted by molar-refractivity contribution is 0.0588. The molecule has 1 aromatic carbocycles. The fourth-order valence-corrected chi connectivity index (χ4v) is 5.22. The maximum atomic E-state index is 13.3. The summed E-state index contributed by atoms with van der Waals surface area (Å²) in [7, 11) is -2.73. The van der Waals surface area contributed by atoms with Crippen LogP contribution in [-0.4, -0.2) is 28.6 Å². The van der Waals surface area contributed by atoms with Crippen LogP contribution in [0.1, 0.15) is 52.0 Å². The second-order valence-electron chi connectivity index (χ2n) is 5.86. The lowest BCUT2D eigenvalue weighted by Crippen LogP contribution is -2.46. The minimum Gasteiger partial charge on any atom is -0.373 e. The summed E-state index contributed by atoms with van der Waals surface area (Å²) in [4.78, 5) is 0. The highest BCUT2D eigenvalue weighted by atomic mass is 28.4. The van der Waals surface area contributed by atoms with Crippen LogP contribution in [0.2, 0.25) is 6.04 Å². The van der Waals surface area contributed by atoms with E-state index in [0.717, 1.165) is 25.3 Å². The van der Waals surface area contributed by atoms with Crippen molar-refractivity contribution in [3.63, 3.8) is 0 Å². The van der Waals surface area contributed by atoms with Crippen molar-refractivity contribution in [2.45, 2.75) is 58.9 Å². The molecule has 1 aromatic rings. The van der Waals surface area contributed by atoms with Gasteiger partial charge < -0.3 is 13.3 Å². The van der Waals surface area contributed by atoms with Crippen LogP contribution in [0.25, 0.3) is 0 Å². The van der Waals surface area contributed by atoms with Gasteiger partial charge >= 0.3 is 8.80 Å². The van der Waals surface area contributed by atoms with Gasteiger partial charge in [0.05, 0.1) is 0 Å². The maximum Gasteiger partial charge on any atom is 0.500 e. The number of rotatable bonds is 13. The van der Waals surface area contributed by atoms with Crippen molar-refractivity contribution in [1.29, 1.82) is 0 Å². The first-order chi connectivity index (χ1) is 11.5. The van der Waals surface area contributed by atoms with E-state index in [2.05, 4.69) is 0 Å². The van der Waals surface area contributed by atoms with Gasteiger partial charge in [-0.2, -0.15) is 0 Å². The SMILES string of the molecule is CCCO[Si](CCCc1cc(F)cc(F)c1)(OCCC)OCCC. The van der Waals surface area contributed by atoms with Crippen LogP contribution in [-0.2, 0) is 19.7 Å². The van der Waals surface area contributed by atoms with Crippen molar-refractivity contribution in [2.24, 2.45) is 0 Å². The number of hydrogen-bond acceptors (Lipinski definition) is 3. The van der Waals surface area contributed by atoms with Crippen LogP contribution in [0, 0.1) is 11.6 Å². The summed E-state index contributed by atoms with van der Waals surface area (Å²) in [5, 5.41) is 0. The minimum atomic E-state index is -2.73. The molecule has 6 heteroatoms. The molecule has 3 nitrogen and oxygen atoms in total. The molecule has 0 radical (unpaired) electrons. The third kappa shape index (κ3) is 7.83. The third-order valence-corrected chi connectivity index (χ3v) is 6.35. The summed E-state index contributed by atoms with van der Waals surface area (Å²) in [5.41, 5.74) is 0.650. The van der Waals surface area contributed by atoms with Gasteiger partial charge in [0, 0.05) is 31.9 Å². The average molecular weight is 361 g/mol. The summed E-state index contributed by atoms with van der Waals surface area (Å²) >= 11 is 0. The maximum absolute atomic E-state index is 13.3. The van der Waals surface area contributed by atoms with Crippen LogP contribution < -0.4 is 0 Å². The van der Waals surface area contributed by atoms with Crippen molar-refractivity contribution < 1.29 is 22.1 Å². The molecular weight excluding hydrogens is 330 g/mol.